The van der Waals surface area contributed by atoms with E-state index in [9.17, 15) is 21.6 Å². The van der Waals surface area contributed by atoms with Crippen LogP contribution in [0.5, 0.6) is 0 Å². The monoisotopic (exact) mass is 312 g/mol. The Bertz CT molecular complexity index is 546. The zero-order chi connectivity index (χ0) is 15.4. The van der Waals surface area contributed by atoms with Crippen LogP contribution < -0.4 is 4.72 Å². The highest BCUT2D eigenvalue weighted by atomic mass is 32.2. The number of hydrogen-bond donors (Lipinski definition) is 2. The summed E-state index contributed by atoms with van der Waals surface area (Å²) in [6.45, 7) is -0.117. The minimum Gasteiger partial charge on any atom is -0.396 e. The largest absolute Gasteiger partial charge is 0.416 e. The molecule has 0 saturated carbocycles. The van der Waals surface area contributed by atoms with Gasteiger partial charge in [0.05, 0.1) is 11.3 Å². The first kappa shape index (κ1) is 16.7. The Hall–Kier alpha value is -1.32. The summed E-state index contributed by atoms with van der Waals surface area (Å²) < 4.78 is 64.1. The fraction of sp³-hybridized carbons (Fsp3) is 0.455. The summed E-state index contributed by atoms with van der Waals surface area (Å²) in [5.41, 5.74) is -1.11. The molecule has 114 valence electrons. The highest BCUT2D eigenvalue weighted by molar-refractivity contribution is 7.90. The van der Waals surface area contributed by atoms with Crippen molar-refractivity contribution >= 4 is 15.9 Å². The Balaban J connectivity index is 2.87. The molecule has 0 aliphatic heterocycles. The Morgan fingerprint density at radius 3 is 2.55 bits per heavy atom. The highest BCUT2D eigenvalue weighted by Crippen LogP contribution is 2.30. The van der Waals surface area contributed by atoms with Gasteiger partial charge in [-0.05, 0) is 24.6 Å². The summed E-state index contributed by atoms with van der Waals surface area (Å²) in [5, 5.41) is 8.63. The molecule has 0 radical (unpaired) electrons. The lowest BCUT2D eigenvalue weighted by Crippen LogP contribution is -2.33. The minimum atomic E-state index is -4.54. The van der Waals surface area contributed by atoms with Crippen molar-refractivity contribution in [2.45, 2.75) is 12.6 Å². The molecule has 1 aromatic rings. The first-order valence-corrected chi connectivity index (χ1v) is 7.13. The second-order valence-corrected chi connectivity index (χ2v) is 5.86. The van der Waals surface area contributed by atoms with Crippen molar-refractivity contribution in [2.75, 3.05) is 24.9 Å². The van der Waals surface area contributed by atoms with E-state index in [0.717, 1.165) is 22.5 Å². The van der Waals surface area contributed by atoms with Crippen LogP contribution in [-0.2, 0) is 16.4 Å². The fourth-order valence-electron chi connectivity index (χ4n) is 1.40. The van der Waals surface area contributed by atoms with Gasteiger partial charge < -0.3 is 5.11 Å². The Morgan fingerprint density at radius 1 is 1.35 bits per heavy atom. The highest BCUT2D eigenvalue weighted by Gasteiger charge is 2.30. The smallest absolute Gasteiger partial charge is 0.396 e. The predicted molar refractivity (Wildman–Crippen MR) is 68.3 cm³/mol. The molecule has 0 bridgehead atoms. The third-order valence-electron chi connectivity index (χ3n) is 2.48. The van der Waals surface area contributed by atoms with Gasteiger partial charge in [0.1, 0.15) is 0 Å². The third-order valence-corrected chi connectivity index (χ3v) is 3.98. The fourth-order valence-corrected chi connectivity index (χ4v) is 2.35. The van der Waals surface area contributed by atoms with E-state index in [1.54, 1.807) is 0 Å². The molecule has 1 rings (SSSR count). The molecule has 9 heteroatoms. The predicted octanol–water partition coefficient (Wildman–Crippen LogP) is 1.68. The number of alkyl halides is 3. The summed E-state index contributed by atoms with van der Waals surface area (Å²) in [4.78, 5) is 0. The van der Waals surface area contributed by atoms with Crippen LogP contribution in [0.1, 0.15) is 12.0 Å². The van der Waals surface area contributed by atoms with Gasteiger partial charge >= 0.3 is 16.4 Å². The van der Waals surface area contributed by atoms with Crippen molar-refractivity contribution in [1.29, 1.82) is 0 Å². The molecular formula is C11H15F3N2O3S. The van der Waals surface area contributed by atoms with Gasteiger partial charge in [0.15, 0.2) is 0 Å². The van der Waals surface area contributed by atoms with Gasteiger partial charge in [-0.1, -0.05) is 6.07 Å². The quantitative estimate of drug-likeness (QED) is 0.839. The van der Waals surface area contributed by atoms with Crippen molar-refractivity contribution in [3.05, 3.63) is 29.8 Å². The molecule has 2 N–H and O–H groups in total. The lowest BCUT2D eigenvalue weighted by Gasteiger charge is -2.18. The summed E-state index contributed by atoms with van der Waals surface area (Å²) in [7, 11) is -2.67. The summed E-state index contributed by atoms with van der Waals surface area (Å²) in [5.74, 6) is 0. The van der Waals surface area contributed by atoms with E-state index in [0.29, 0.717) is 0 Å². The minimum absolute atomic E-state index is 0.0603. The zero-order valence-corrected chi connectivity index (χ0v) is 11.5. The number of anilines is 1. The van der Waals surface area contributed by atoms with E-state index in [1.807, 2.05) is 0 Å². The van der Waals surface area contributed by atoms with Crippen LogP contribution in [0.3, 0.4) is 0 Å². The normalized spacial score (nSPS) is 12.7. The van der Waals surface area contributed by atoms with Gasteiger partial charge in [-0.15, -0.1) is 0 Å². The van der Waals surface area contributed by atoms with Crippen LogP contribution in [0.25, 0.3) is 0 Å². The van der Waals surface area contributed by atoms with Gasteiger partial charge in [-0.3, -0.25) is 4.72 Å². The maximum absolute atomic E-state index is 12.5. The number of aliphatic hydroxyl groups excluding tert-OH is 1. The number of hydrogen-bond acceptors (Lipinski definition) is 3. The van der Waals surface area contributed by atoms with E-state index in [1.165, 1.54) is 13.1 Å². The van der Waals surface area contributed by atoms with Crippen molar-refractivity contribution in [3.8, 4) is 0 Å². The average Bonchev–Trinajstić information content (AvgIpc) is 2.34. The number of nitrogens with one attached hydrogen (secondary N) is 1. The molecule has 0 atom stereocenters. The van der Waals surface area contributed by atoms with Crippen LogP contribution >= 0.6 is 0 Å². The van der Waals surface area contributed by atoms with Crippen LogP contribution in [0.4, 0.5) is 18.9 Å². The molecule has 0 saturated heterocycles. The van der Waals surface area contributed by atoms with E-state index in [-0.39, 0.29) is 25.3 Å². The molecule has 5 nitrogen and oxygen atoms in total. The standard InChI is InChI=1S/C11H15F3N2O3S/c1-16(6-3-7-17)20(18,19)15-10-5-2-4-9(8-10)11(12,13)14/h2,4-5,8,15,17H,3,6-7H2,1H3. The van der Waals surface area contributed by atoms with Gasteiger partial charge in [0.2, 0.25) is 0 Å². The average molecular weight is 312 g/mol. The Kier molecular flexibility index (Phi) is 5.37. The molecular weight excluding hydrogens is 297 g/mol. The van der Waals surface area contributed by atoms with Crippen molar-refractivity contribution in [3.63, 3.8) is 0 Å². The molecule has 0 heterocycles. The Morgan fingerprint density at radius 2 is 2.00 bits per heavy atom. The van der Waals surface area contributed by atoms with Crippen molar-refractivity contribution in [2.24, 2.45) is 0 Å². The van der Waals surface area contributed by atoms with E-state index in [4.69, 9.17) is 5.11 Å². The molecule has 0 aromatic heterocycles. The number of halogens is 3. The summed E-state index contributed by atoms with van der Waals surface area (Å²) in [6.07, 6.45) is -4.30. The molecule has 0 aliphatic carbocycles. The lowest BCUT2D eigenvalue weighted by molar-refractivity contribution is -0.137. The summed E-state index contributed by atoms with van der Waals surface area (Å²) >= 11 is 0. The molecule has 0 unspecified atom stereocenters. The number of rotatable bonds is 6. The van der Waals surface area contributed by atoms with Gasteiger partial charge in [-0.2, -0.15) is 25.9 Å². The zero-order valence-electron chi connectivity index (χ0n) is 10.7. The third kappa shape index (κ3) is 4.66. The van der Waals surface area contributed by atoms with Crippen LogP contribution in [0.2, 0.25) is 0 Å². The van der Waals surface area contributed by atoms with Crippen LogP contribution in [0.15, 0.2) is 24.3 Å². The summed E-state index contributed by atoms with van der Waals surface area (Å²) in [6, 6.07) is 3.92. The molecule has 0 fully saturated rings. The topological polar surface area (TPSA) is 69.6 Å². The van der Waals surface area contributed by atoms with Gasteiger partial charge in [0.25, 0.3) is 0 Å². The second kappa shape index (κ2) is 6.42. The molecule has 20 heavy (non-hydrogen) atoms. The Labute approximate surface area is 115 Å². The lowest BCUT2D eigenvalue weighted by atomic mass is 10.2. The number of aliphatic hydroxyl groups is 1. The van der Waals surface area contributed by atoms with Gasteiger partial charge in [-0.25, -0.2) is 0 Å². The van der Waals surface area contributed by atoms with Crippen LogP contribution in [0, 0.1) is 0 Å². The maximum Gasteiger partial charge on any atom is 0.416 e. The molecule has 1 aromatic carbocycles. The molecule has 0 amide bonds. The van der Waals surface area contributed by atoms with E-state index in [2.05, 4.69) is 4.72 Å². The van der Waals surface area contributed by atoms with E-state index >= 15 is 0 Å². The maximum atomic E-state index is 12.5. The van der Waals surface area contributed by atoms with Crippen molar-refractivity contribution < 1.29 is 26.7 Å². The second-order valence-electron chi connectivity index (χ2n) is 4.08. The SMILES string of the molecule is CN(CCCO)S(=O)(=O)Nc1cccc(C(F)(F)F)c1. The van der Waals surface area contributed by atoms with Crippen LogP contribution in [-0.4, -0.2) is 38.0 Å². The molecule has 0 spiro atoms. The number of nitrogens with zero attached hydrogens (tertiary/aromatic N) is 1. The van der Waals surface area contributed by atoms with Crippen molar-refractivity contribution in [1.82, 2.24) is 4.31 Å². The van der Waals surface area contributed by atoms with E-state index < -0.39 is 21.9 Å². The number of benzene rings is 1. The first-order chi connectivity index (χ1) is 9.16. The first-order valence-electron chi connectivity index (χ1n) is 5.69. The van der Waals surface area contributed by atoms with Gasteiger partial charge in [0, 0.05) is 20.2 Å². The molecule has 0 aliphatic rings.